The van der Waals surface area contributed by atoms with E-state index in [-0.39, 0.29) is 29.9 Å². The molecular formula is C26H21NO5. The van der Waals surface area contributed by atoms with Gasteiger partial charge in [0.1, 0.15) is 13.2 Å². The summed E-state index contributed by atoms with van der Waals surface area (Å²) in [6.45, 7) is 0.103. The van der Waals surface area contributed by atoms with E-state index in [1.807, 2.05) is 60.7 Å². The van der Waals surface area contributed by atoms with Gasteiger partial charge in [-0.25, -0.2) is 9.59 Å². The Morgan fingerprint density at radius 3 is 1.88 bits per heavy atom. The molecule has 0 saturated carbocycles. The average Bonchev–Trinajstić information content (AvgIpc) is 2.84. The maximum absolute atomic E-state index is 13.1. The zero-order valence-corrected chi connectivity index (χ0v) is 17.5. The molecule has 1 heterocycles. The van der Waals surface area contributed by atoms with Crippen molar-refractivity contribution in [1.82, 2.24) is 4.57 Å². The first-order valence-electron chi connectivity index (χ1n) is 10.1. The Balaban J connectivity index is 1.69. The summed E-state index contributed by atoms with van der Waals surface area (Å²) in [5.74, 6) is -1.36. The van der Waals surface area contributed by atoms with Crippen LogP contribution in [0.15, 0.2) is 89.9 Å². The fraction of sp³-hybridized carbons (Fsp3) is 0.115. The van der Waals surface area contributed by atoms with Crippen molar-refractivity contribution in [2.24, 2.45) is 7.05 Å². The highest BCUT2D eigenvalue weighted by Gasteiger charge is 2.24. The van der Waals surface area contributed by atoms with Gasteiger partial charge in [-0.05, 0) is 29.3 Å². The van der Waals surface area contributed by atoms with Crippen LogP contribution >= 0.6 is 0 Å². The number of hydrogen-bond donors (Lipinski definition) is 0. The Bertz CT molecular complexity index is 1330. The van der Waals surface area contributed by atoms with Crippen molar-refractivity contribution in [2.45, 2.75) is 13.2 Å². The Labute approximate surface area is 184 Å². The summed E-state index contributed by atoms with van der Waals surface area (Å²) in [5.41, 5.74) is 1.44. The highest BCUT2D eigenvalue weighted by atomic mass is 16.5. The Morgan fingerprint density at radius 2 is 1.28 bits per heavy atom. The second-order valence-electron chi connectivity index (χ2n) is 7.30. The van der Waals surface area contributed by atoms with Gasteiger partial charge in [0.15, 0.2) is 0 Å². The molecule has 0 saturated heterocycles. The van der Waals surface area contributed by atoms with Crippen LogP contribution in [0.3, 0.4) is 0 Å². The molecule has 4 rings (SSSR count). The van der Waals surface area contributed by atoms with Crippen molar-refractivity contribution in [3.8, 4) is 0 Å². The van der Waals surface area contributed by atoms with E-state index in [2.05, 4.69) is 0 Å². The number of aromatic nitrogens is 1. The number of rotatable bonds is 6. The number of hydrogen-bond acceptors (Lipinski definition) is 5. The first kappa shape index (κ1) is 21.1. The molecule has 6 nitrogen and oxygen atoms in total. The van der Waals surface area contributed by atoms with Crippen molar-refractivity contribution in [2.75, 3.05) is 0 Å². The first-order valence-corrected chi connectivity index (χ1v) is 10.1. The molecule has 0 aliphatic carbocycles. The third kappa shape index (κ3) is 4.44. The van der Waals surface area contributed by atoms with Gasteiger partial charge in [0.25, 0.3) is 5.56 Å². The summed E-state index contributed by atoms with van der Waals surface area (Å²) in [6.07, 6.45) is 1.55. The van der Waals surface area contributed by atoms with Gasteiger partial charge in [-0.3, -0.25) is 4.79 Å². The number of carbonyl (C=O) groups excluding carboxylic acids is 2. The lowest BCUT2D eigenvalue weighted by Gasteiger charge is -2.13. The van der Waals surface area contributed by atoms with E-state index in [4.69, 9.17) is 9.47 Å². The molecule has 1 aromatic heterocycles. The normalized spacial score (nSPS) is 10.7. The summed E-state index contributed by atoms with van der Waals surface area (Å²) in [5, 5.41) is 0.668. The molecule has 0 bridgehead atoms. The number of carbonyl (C=O) groups is 2. The molecular weight excluding hydrogens is 406 g/mol. The first-order chi connectivity index (χ1) is 15.5. The lowest BCUT2D eigenvalue weighted by molar-refractivity contribution is 0.0427. The van der Waals surface area contributed by atoms with Gasteiger partial charge in [-0.1, -0.05) is 60.7 Å². The third-order valence-corrected chi connectivity index (χ3v) is 5.11. The van der Waals surface area contributed by atoms with Gasteiger partial charge in [0.05, 0.1) is 11.1 Å². The minimum atomic E-state index is -0.695. The Kier molecular flexibility index (Phi) is 6.12. The Morgan fingerprint density at radius 1 is 0.719 bits per heavy atom. The van der Waals surface area contributed by atoms with Crippen LogP contribution < -0.4 is 5.56 Å². The fourth-order valence-corrected chi connectivity index (χ4v) is 3.41. The lowest BCUT2D eigenvalue weighted by atomic mass is 10.00. The number of benzene rings is 3. The van der Waals surface area contributed by atoms with Gasteiger partial charge >= 0.3 is 11.9 Å². The average molecular weight is 427 g/mol. The molecule has 4 aromatic rings. The minimum Gasteiger partial charge on any atom is -0.457 e. The molecule has 0 aliphatic heterocycles. The molecule has 3 aromatic carbocycles. The van der Waals surface area contributed by atoms with Crippen LogP contribution in [0.1, 0.15) is 31.8 Å². The SMILES string of the molecule is Cn1ccc2c(C(=O)OCc3ccccc3)c(C(=O)OCc3ccccc3)ccc2c1=O. The van der Waals surface area contributed by atoms with Crippen LogP contribution in [0.5, 0.6) is 0 Å². The van der Waals surface area contributed by atoms with E-state index >= 15 is 0 Å². The molecule has 0 radical (unpaired) electrons. The van der Waals surface area contributed by atoms with E-state index < -0.39 is 11.9 Å². The van der Waals surface area contributed by atoms with Crippen LogP contribution in [-0.2, 0) is 29.7 Å². The molecule has 0 aliphatic rings. The van der Waals surface area contributed by atoms with Gasteiger partial charge in [-0.2, -0.15) is 0 Å². The number of ether oxygens (including phenoxy) is 2. The number of aryl methyl sites for hydroxylation is 1. The quantitative estimate of drug-likeness (QED) is 0.430. The van der Waals surface area contributed by atoms with Crippen molar-refractivity contribution in [3.05, 3.63) is 118 Å². The zero-order valence-electron chi connectivity index (χ0n) is 17.5. The van der Waals surface area contributed by atoms with E-state index in [9.17, 15) is 14.4 Å². The van der Waals surface area contributed by atoms with Crippen LogP contribution in [-0.4, -0.2) is 16.5 Å². The summed E-state index contributed by atoms with van der Waals surface area (Å²) < 4.78 is 12.3. The highest BCUT2D eigenvalue weighted by Crippen LogP contribution is 2.23. The van der Waals surface area contributed by atoms with Crippen LogP contribution in [0.25, 0.3) is 10.8 Å². The molecule has 0 spiro atoms. The molecule has 32 heavy (non-hydrogen) atoms. The predicted molar refractivity (Wildman–Crippen MR) is 120 cm³/mol. The van der Waals surface area contributed by atoms with E-state index in [0.717, 1.165) is 11.1 Å². The number of esters is 2. The topological polar surface area (TPSA) is 74.6 Å². The minimum absolute atomic E-state index is 0.0224. The molecule has 160 valence electrons. The maximum atomic E-state index is 13.1. The van der Waals surface area contributed by atoms with Gasteiger partial charge < -0.3 is 14.0 Å². The van der Waals surface area contributed by atoms with Gasteiger partial charge in [0, 0.05) is 24.0 Å². The van der Waals surface area contributed by atoms with Crippen LogP contribution in [0, 0.1) is 0 Å². The maximum Gasteiger partial charge on any atom is 0.339 e. The monoisotopic (exact) mass is 427 g/mol. The summed E-state index contributed by atoms with van der Waals surface area (Å²) >= 11 is 0. The predicted octanol–water partition coefficient (Wildman–Crippen LogP) is 4.25. The van der Waals surface area contributed by atoms with E-state index in [1.165, 1.54) is 16.7 Å². The van der Waals surface area contributed by atoms with Crippen molar-refractivity contribution >= 4 is 22.7 Å². The van der Waals surface area contributed by atoms with E-state index in [0.29, 0.717) is 10.8 Å². The number of pyridine rings is 1. The lowest BCUT2D eigenvalue weighted by Crippen LogP contribution is -2.19. The van der Waals surface area contributed by atoms with Crippen LogP contribution in [0.4, 0.5) is 0 Å². The molecule has 0 fully saturated rings. The largest absolute Gasteiger partial charge is 0.457 e. The third-order valence-electron chi connectivity index (χ3n) is 5.11. The zero-order chi connectivity index (χ0) is 22.5. The molecule has 0 atom stereocenters. The summed E-state index contributed by atoms with van der Waals surface area (Å²) in [7, 11) is 1.62. The molecule has 0 amide bonds. The number of fused-ring (bicyclic) bond motifs is 1. The summed E-state index contributed by atoms with van der Waals surface area (Å²) in [6, 6.07) is 23.1. The van der Waals surface area contributed by atoms with Gasteiger partial charge in [-0.15, -0.1) is 0 Å². The van der Waals surface area contributed by atoms with Gasteiger partial charge in [0.2, 0.25) is 0 Å². The molecule has 0 N–H and O–H groups in total. The number of nitrogens with zero attached hydrogens (tertiary/aromatic N) is 1. The standard InChI is InChI=1S/C26H21NO5/c1-27-15-14-20-21(24(27)28)12-13-22(25(29)31-16-18-8-4-2-5-9-18)23(20)26(30)32-17-19-10-6-3-7-11-19/h2-15H,16-17H2,1H3. The van der Waals surface area contributed by atoms with Crippen molar-refractivity contribution < 1.29 is 19.1 Å². The Hall–Kier alpha value is -4.19. The van der Waals surface area contributed by atoms with Crippen LogP contribution in [0.2, 0.25) is 0 Å². The molecule has 0 unspecified atom stereocenters. The second kappa shape index (κ2) is 9.31. The van der Waals surface area contributed by atoms with E-state index in [1.54, 1.807) is 19.3 Å². The highest BCUT2D eigenvalue weighted by molar-refractivity contribution is 6.12. The fourth-order valence-electron chi connectivity index (χ4n) is 3.41. The summed E-state index contributed by atoms with van der Waals surface area (Å²) in [4.78, 5) is 38.6. The second-order valence-corrected chi connectivity index (χ2v) is 7.30. The van der Waals surface area contributed by atoms with Crippen molar-refractivity contribution in [3.63, 3.8) is 0 Å². The van der Waals surface area contributed by atoms with Crippen molar-refractivity contribution in [1.29, 1.82) is 0 Å². The smallest absolute Gasteiger partial charge is 0.339 e. The molecule has 6 heteroatoms.